The van der Waals surface area contributed by atoms with Gasteiger partial charge < -0.3 is 14.2 Å². The molecular weight excluding hydrogens is 387 g/mol. The number of ether oxygens (including phenoxy) is 3. The maximum atomic E-state index is 13.0. The minimum Gasteiger partial charge on any atom is -0.340 e. The van der Waals surface area contributed by atoms with Gasteiger partial charge in [0.2, 0.25) is 5.79 Å². The van der Waals surface area contributed by atoms with Gasteiger partial charge in [-0.1, -0.05) is 25.7 Å². The average molecular weight is 416 g/mol. The Morgan fingerprint density at radius 2 is 1.90 bits per heavy atom. The van der Waals surface area contributed by atoms with E-state index in [2.05, 4.69) is 25.7 Å². The van der Waals surface area contributed by atoms with Gasteiger partial charge in [0.15, 0.2) is 18.2 Å². The Kier molecular flexibility index (Phi) is 5.16. The molecule has 1 aromatic rings. The molecule has 5 aliphatic rings. The number of benzene rings is 1. The predicted molar refractivity (Wildman–Crippen MR) is 106 cm³/mol. The van der Waals surface area contributed by atoms with Gasteiger partial charge in [0.1, 0.15) is 12.4 Å². The first kappa shape index (κ1) is 20.4. The summed E-state index contributed by atoms with van der Waals surface area (Å²) in [5, 5.41) is 0. The third kappa shape index (κ3) is 3.28. The van der Waals surface area contributed by atoms with Crippen molar-refractivity contribution >= 4 is 0 Å². The maximum absolute atomic E-state index is 13.0. The van der Waals surface area contributed by atoms with Crippen LogP contribution < -0.4 is 0 Å². The number of rotatable bonds is 2. The van der Waals surface area contributed by atoms with Crippen molar-refractivity contribution in [2.75, 3.05) is 6.61 Å². The van der Waals surface area contributed by atoms with E-state index in [-0.39, 0.29) is 24.3 Å². The summed E-state index contributed by atoms with van der Waals surface area (Å²) in [6.45, 7) is 6.60. The topological polar surface area (TPSA) is 46.2 Å². The SMILES string of the molecule is C[C@H]1[C@@H](OCC#Cc2ccc(F)cc2)O[C@@H]2O[C@@]3(C)CC[C@H]4[C@H](C)CC[C@@H]1[C@@]24OO3. The molecule has 1 aliphatic carbocycles. The molecule has 0 unspecified atom stereocenters. The lowest BCUT2D eigenvalue weighted by molar-refractivity contribution is -0.577. The van der Waals surface area contributed by atoms with Crippen molar-refractivity contribution in [3.05, 3.63) is 35.6 Å². The summed E-state index contributed by atoms with van der Waals surface area (Å²) in [6, 6.07) is 6.11. The summed E-state index contributed by atoms with van der Waals surface area (Å²) < 4.78 is 31.7. The highest BCUT2D eigenvalue weighted by Crippen LogP contribution is 2.60. The molecule has 5 fully saturated rings. The highest BCUT2D eigenvalue weighted by atomic mass is 19.1. The van der Waals surface area contributed by atoms with Crippen LogP contribution in [0.2, 0.25) is 0 Å². The Balaban J connectivity index is 1.33. The van der Waals surface area contributed by atoms with E-state index in [0.717, 1.165) is 31.2 Å². The monoisotopic (exact) mass is 416 g/mol. The van der Waals surface area contributed by atoms with E-state index < -0.39 is 24.0 Å². The van der Waals surface area contributed by atoms with Crippen molar-refractivity contribution in [2.45, 2.75) is 70.4 Å². The summed E-state index contributed by atoms with van der Waals surface area (Å²) in [5.41, 5.74) is 0.177. The van der Waals surface area contributed by atoms with E-state index in [1.54, 1.807) is 12.1 Å². The molecule has 30 heavy (non-hydrogen) atoms. The summed E-state index contributed by atoms with van der Waals surface area (Å²) in [4.78, 5) is 12.0. The fourth-order valence-corrected chi connectivity index (χ4v) is 5.86. The van der Waals surface area contributed by atoms with Gasteiger partial charge in [-0.2, -0.15) is 0 Å². The van der Waals surface area contributed by atoms with E-state index in [0.29, 0.717) is 11.8 Å². The van der Waals surface area contributed by atoms with E-state index in [9.17, 15) is 4.39 Å². The van der Waals surface area contributed by atoms with E-state index in [1.807, 2.05) is 6.92 Å². The number of hydrogen-bond acceptors (Lipinski definition) is 5. The van der Waals surface area contributed by atoms with Crippen LogP contribution in [0.25, 0.3) is 0 Å². The molecule has 1 aromatic carbocycles. The van der Waals surface area contributed by atoms with Crippen molar-refractivity contribution in [2.24, 2.45) is 23.7 Å². The van der Waals surface area contributed by atoms with Crippen LogP contribution in [0.4, 0.5) is 4.39 Å². The van der Waals surface area contributed by atoms with Crippen LogP contribution in [0.5, 0.6) is 0 Å². The maximum Gasteiger partial charge on any atom is 0.201 e. The molecule has 1 spiro atoms. The molecule has 6 heteroatoms. The first-order chi connectivity index (χ1) is 14.4. The van der Waals surface area contributed by atoms with Crippen LogP contribution in [-0.2, 0) is 24.0 Å². The van der Waals surface area contributed by atoms with Crippen molar-refractivity contribution in [3.8, 4) is 11.8 Å². The molecule has 0 aromatic heterocycles. The first-order valence-electron chi connectivity index (χ1n) is 11.0. The molecule has 2 bridgehead atoms. The van der Waals surface area contributed by atoms with Gasteiger partial charge in [0.25, 0.3) is 0 Å². The molecule has 0 N–H and O–H groups in total. The fraction of sp³-hybridized carbons (Fsp3) is 0.667. The van der Waals surface area contributed by atoms with Crippen LogP contribution in [0.1, 0.15) is 52.0 Å². The molecule has 6 rings (SSSR count). The van der Waals surface area contributed by atoms with Crippen LogP contribution in [0.15, 0.2) is 24.3 Å². The molecule has 8 atom stereocenters. The van der Waals surface area contributed by atoms with Gasteiger partial charge in [-0.05, 0) is 62.3 Å². The van der Waals surface area contributed by atoms with Crippen molar-refractivity contribution in [1.29, 1.82) is 0 Å². The van der Waals surface area contributed by atoms with Crippen LogP contribution in [0.3, 0.4) is 0 Å². The van der Waals surface area contributed by atoms with Crippen molar-refractivity contribution < 1.29 is 28.4 Å². The first-order valence-corrected chi connectivity index (χ1v) is 11.0. The largest absolute Gasteiger partial charge is 0.340 e. The third-order valence-corrected chi connectivity index (χ3v) is 7.49. The lowest BCUT2D eigenvalue weighted by Crippen LogP contribution is -2.70. The highest BCUT2D eigenvalue weighted by molar-refractivity contribution is 5.34. The Labute approximate surface area is 177 Å². The molecule has 0 amide bonds. The Morgan fingerprint density at radius 3 is 2.70 bits per heavy atom. The second-order valence-corrected chi connectivity index (χ2v) is 9.39. The van der Waals surface area contributed by atoms with Crippen LogP contribution in [-0.4, -0.2) is 30.6 Å². The summed E-state index contributed by atoms with van der Waals surface area (Å²) in [5.74, 6) is 6.18. The molecule has 0 radical (unpaired) electrons. The van der Waals surface area contributed by atoms with E-state index in [4.69, 9.17) is 24.0 Å². The van der Waals surface area contributed by atoms with Gasteiger partial charge in [-0.25, -0.2) is 14.2 Å². The van der Waals surface area contributed by atoms with Gasteiger partial charge in [0, 0.05) is 23.8 Å². The molecule has 1 saturated carbocycles. The number of halogens is 1. The number of fused-ring (bicyclic) bond motifs is 2. The molecule has 5 nitrogen and oxygen atoms in total. The lowest BCUT2D eigenvalue weighted by atomic mass is 9.58. The predicted octanol–water partition coefficient (Wildman–Crippen LogP) is 4.40. The zero-order chi connectivity index (χ0) is 20.9. The average Bonchev–Trinajstić information content (AvgIpc) is 2.96. The zero-order valence-electron chi connectivity index (χ0n) is 17.7. The van der Waals surface area contributed by atoms with Crippen molar-refractivity contribution in [1.82, 2.24) is 0 Å². The fourth-order valence-electron chi connectivity index (χ4n) is 5.86. The lowest BCUT2D eigenvalue weighted by Gasteiger charge is -2.60. The smallest absolute Gasteiger partial charge is 0.201 e. The Morgan fingerprint density at radius 1 is 1.10 bits per heavy atom. The Bertz CT molecular complexity index is 847. The summed E-state index contributed by atoms with van der Waals surface area (Å²) >= 11 is 0. The zero-order valence-corrected chi connectivity index (χ0v) is 17.7. The van der Waals surface area contributed by atoms with Gasteiger partial charge in [0.05, 0.1) is 0 Å². The minimum atomic E-state index is -0.787. The highest BCUT2D eigenvalue weighted by Gasteiger charge is 2.69. The van der Waals surface area contributed by atoms with Gasteiger partial charge in [-0.3, -0.25) is 0 Å². The molecule has 4 saturated heterocycles. The second kappa shape index (κ2) is 7.58. The van der Waals surface area contributed by atoms with Crippen molar-refractivity contribution in [3.63, 3.8) is 0 Å². The minimum absolute atomic E-state index is 0.124. The quantitative estimate of drug-likeness (QED) is 0.528. The molecule has 4 heterocycles. The third-order valence-electron chi connectivity index (χ3n) is 7.49. The van der Waals surface area contributed by atoms with Gasteiger partial charge in [-0.15, -0.1) is 0 Å². The van der Waals surface area contributed by atoms with Crippen LogP contribution >= 0.6 is 0 Å². The van der Waals surface area contributed by atoms with Crippen LogP contribution in [0, 0.1) is 41.3 Å². The standard InChI is InChI=1S/C24H29FO5/c1-15-6-11-20-16(2)21(26-14-4-5-17-7-9-18(25)10-8-17)27-22-24(20)19(15)12-13-23(3,28-22)29-30-24/h7-10,15-16,19-22H,6,11-14H2,1-3H3/t15-,16-,19+,20+,21+,22-,23-,24-/m1/s1. The molecule has 4 aliphatic heterocycles. The van der Waals surface area contributed by atoms with E-state index >= 15 is 0 Å². The summed E-state index contributed by atoms with van der Waals surface area (Å²) in [7, 11) is 0. The Hall–Kier alpha value is -1.49. The van der Waals surface area contributed by atoms with E-state index in [1.165, 1.54) is 12.1 Å². The molecular formula is C24H29FO5. The van der Waals surface area contributed by atoms with Gasteiger partial charge >= 0.3 is 0 Å². The second-order valence-electron chi connectivity index (χ2n) is 9.39. The summed E-state index contributed by atoms with van der Waals surface area (Å²) in [6.07, 6.45) is 3.06. The number of hydrogen-bond donors (Lipinski definition) is 0. The molecule has 162 valence electrons. The normalized spacial score (nSPS) is 44.5.